The minimum absolute atomic E-state index is 0.238. The van der Waals surface area contributed by atoms with Gasteiger partial charge in [-0.3, -0.25) is 9.59 Å². The summed E-state index contributed by atoms with van der Waals surface area (Å²) < 4.78 is 0. The molecule has 0 radical (unpaired) electrons. The molecule has 0 aromatic carbocycles. The Labute approximate surface area is 109 Å². The number of piperidine rings is 1. The number of aliphatic carboxylic acids is 1. The first-order valence-corrected chi connectivity index (χ1v) is 6.09. The summed E-state index contributed by atoms with van der Waals surface area (Å²) in [7, 11) is 0. The number of carboxylic acid groups (broad SMARTS) is 1. The van der Waals surface area contributed by atoms with Crippen LogP contribution in [-0.2, 0) is 4.79 Å². The topological polar surface area (TPSA) is 70.5 Å². The molecule has 1 N–H and O–H groups in total. The summed E-state index contributed by atoms with van der Waals surface area (Å²) >= 11 is 5.70. The average molecular weight is 269 g/mol. The van der Waals surface area contributed by atoms with Gasteiger partial charge in [0.2, 0.25) is 0 Å². The minimum atomic E-state index is -0.850. The highest BCUT2D eigenvalue weighted by Gasteiger charge is 2.28. The highest BCUT2D eigenvalue weighted by molar-refractivity contribution is 6.30. The monoisotopic (exact) mass is 268 g/mol. The predicted octanol–water partition coefficient (Wildman–Crippen LogP) is 1.67. The van der Waals surface area contributed by atoms with Crippen molar-refractivity contribution in [3.8, 4) is 0 Å². The third-order valence-corrected chi connectivity index (χ3v) is 3.23. The van der Waals surface area contributed by atoms with Crippen LogP contribution in [0.15, 0.2) is 18.3 Å². The fourth-order valence-corrected chi connectivity index (χ4v) is 2.14. The number of amides is 1. The molecule has 0 aliphatic carbocycles. The standard InChI is InChI=1S/C12H13ClN2O3/c13-9-3-4-10(14-6-9)11(16)15-5-1-2-8(7-15)12(17)18/h3-4,6,8H,1-2,5,7H2,(H,17,18)/t8-/m0/s1. The lowest BCUT2D eigenvalue weighted by molar-refractivity contribution is -0.143. The molecule has 5 nitrogen and oxygen atoms in total. The molecule has 0 saturated carbocycles. The molecule has 0 bridgehead atoms. The number of hydrogen-bond acceptors (Lipinski definition) is 3. The number of hydrogen-bond donors (Lipinski definition) is 1. The van der Waals surface area contributed by atoms with E-state index in [0.29, 0.717) is 30.1 Å². The highest BCUT2D eigenvalue weighted by Crippen LogP contribution is 2.18. The Morgan fingerprint density at radius 2 is 2.22 bits per heavy atom. The molecule has 1 amide bonds. The van der Waals surface area contributed by atoms with E-state index >= 15 is 0 Å². The Bertz CT molecular complexity index is 461. The van der Waals surface area contributed by atoms with Crippen molar-refractivity contribution >= 4 is 23.5 Å². The lowest BCUT2D eigenvalue weighted by Gasteiger charge is -2.30. The number of halogens is 1. The molecule has 1 saturated heterocycles. The van der Waals surface area contributed by atoms with E-state index in [-0.39, 0.29) is 12.5 Å². The van der Waals surface area contributed by atoms with E-state index in [1.54, 1.807) is 17.0 Å². The zero-order valence-corrected chi connectivity index (χ0v) is 10.4. The molecule has 6 heteroatoms. The Morgan fingerprint density at radius 3 is 2.83 bits per heavy atom. The minimum Gasteiger partial charge on any atom is -0.481 e. The van der Waals surface area contributed by atoms with Gasteiger partial charge < -0.3 is 10.0 Å². The van der Waals surface area contributed by atoms with E-state index in [4.69, 9.17) is 16.7 Å². The zero-order chi connectivity index (χ0) is 13.1. The van der Waals surface area contributed by atoms with Gasteiger partial charge in [-0.2, -0.15) is 0 Å². The van der Waals surface area contributed by atoms with Crippen LogP contribution in [0.2, 0.25) is 5.02 Å². The van der Waals surface area contributed by atoms with Crippen LogP contribution in [0.4, 0.5) is 0 Å². The third kappa shape index (κ3) is 2.79. The molecule has 0 unspecified atom stereocenters. The number of carbonyl (C=O) groups excluding carboxylic acids is 1. The largest absolute Gasteiger partial charge is 0.481 e. The number of rotatable bonds is 2. The Kier molecular flexibility index (Phi) is 3.81. The Morgan fingerprint density at radius 1 is 1.44 bits per heavy atom. The van der Waals surface area contributed by atoms with E-state index in [1.807, 2.05) is 0 Å². The van der Waals surface area contributed by atoms with Gasteiger partial charge in [0.15, 0.2) is 0 Å². The van der Waals surface area contributed by atoms with Crippen molar-refractivity contribution in [2.24, 2.45) is 5.92 Å². The molecule has 1 aliphatic heterocycles. The van der Waals surface area contributed by atoms with Crippen LogP contribution in [0.25, 0.3) is 0 Å². The molecular weight excluding hydrogens is 256 g/mol. The summed E-state index contributed by atoms with van der Waals surface area (Å²) in [6, 6.07) is 3.15. The Hall–Kier alpha value is -1.62. The SMILES string of the molecule is O=C(O)[C@H]1CCCN(C(=O)c2ccc(Cl)cn2)C1. The number of nitrogens with zero attached hydrogens (tertiary/aromatic N) is 2. The maximum atomic E-state index is 12.1. The van der Waals surface area contributed by atoms with E-state index in [0.717, 1.165) is 0 Å². The van der Waals surface area contributed by atoms with E-state index in [9.17, 15) is 9.59 Å². The van der Waals surface area contributed by atoms with Crippen molar-refractivity contribution in [3.05, 3.63) is 29.0 Å². The summed E-state index contributed by atoms with van der Waals surface area (Å²) in [5, 5.41) is 9.44. The predicted molar refractivity (Wildman–Crippen MR) is 65.5 cm³/mol. The second-order valence-corrected chi connectivity index (χ2v) is 4.73. The quantitative estimate of drug-likeness (QED) is 0.886. The van der Waals surface area contributed by atoms with Gasteiger partial charge in [0.25, 0.3) is 5.91 Å². The molecule has 96 valence electrons. The number of carbonyl (C=O) groups is 2. The molecule has 1 atom stereocenters. The van der Waals surface area contributed by atoms with Gasteiger partial charge in [-0.1, -0.05) is 11.6 Å². The van der Waals surface area contributed by atoms with Gasteiger partial charge in [-0.15, -0.1) is 0 Å². The summed E-state index contributed by atoms with van der Waals surface area (Å²) in [5.74, 6) is -1.57. The summed E-state index contributed by atoms with van der Waals surface area (Å²) in [4.78, 5) is 28.5. The molecule has 2 heterocycles. The first kappa shape index (κ1) is 12.8. The van der Waals surface area contributed by atoms with Gasteiger partial charge in [-0.25, -0.2) is 4.98 Å². The second kappa shape index (κ2) is 5.35. The number of aromatic nitrogens is 1. The average Bonchev–Trinajstić information content (AvgIpc) is 2.39. The maximum Gasteiger partial charge on any atom is 0.308 e. The van der Waals surface area contributed by atoms with Gasteiger partial charge in [-0.05, 0) is 25.0 Å². The molecule has 1 aromatic rings. The normalized spacial score (nSPS) is 19.6. The van der Waals surface area contributed by atoms with Crippen LogP contribution in [0.5, 0.6) is 0 Å². The number of pyridine rings is 1. The Balaban J connectivity index is 2.09. The van der Waals surface area contributed by atoms with Crippen molar-refractivity contribution in [2.45, 2.75) is 12.8 Å². The van der Waals surface area contributed by atoms with Crippen molar-refractivity contribution in [1.82, 2.24) is 9.88 Å². The molecular formula is C12H13ClN2O3. The van der Waals surface area contributed by atoms with Gasteiger partial charge in [0.05, 0.1) is 10.9 Å². The van der Waals surface area contributed by atoms with E-state index in [2.05, 4.69) is 4.98 Å². The van der Waals surface area contributed by atoms with Crippen molar-refractivity contribution in [1.29, 1.82) is 0 Å². The van der Waals surface area contributed by atoms with Crippen LogP contribution in [-0.4, -0.2) is 40.0 Å². The molecule has 2 rings (SSSR count). The first-order chi connectivity index (χ1) is 8.58. The van der Waals surface area contributed by atoms with Crippen molar-refractivity contribution in [3.63, 3.8) is 0 Å². The van der Waals surface area contributed by atoms with Crippen molar-refractivity contribution in [2.75, 3.05) is 13.1 Å². The lowest BCUT2D eigenvalue weighted by atomic mass is 9.98. The number of carboxylic acids is 1. The third-order valence-electron chi connectivity index (χ3n) is 3.00. The lowest BCUT2D eigenvalue weighted by Crippen LogP contribution is -2.42. The van der Waals surface area contributed by atoms with Crippen LogP contribution in [0, 0.1) is 5.92 Å². The van der Waals surface area contributed by atoms with Crippen LogP contribution in [0.1, 0.15) is 23.3 Å². The highest BCUT2D eigenvalue weighted by atomic mass is 35.5. The molecule has 0 spiro atoms. The van der Waals surface area contributed by atoms with Crippen LogP contribution < -0.4 is 0 Å². The fraction of sp³-hybridized carbons (Fsp3) is 0.417. The van der Waals surface area contributed by atoms with Gasteiger partial charge >= 0.3 is 5.97 Å². The summed E-state index contributed by atoms with van der Waals surface area (Å²) in [5.41, 5.74) is 0.297. The second-order valence-electron chi connectivity index (χ2n) is 4.29. The van der Waals surface area contributed by atoms with Crippen molar-refractivity contribution < 1.29 is 14.7 Å². The van der Waals surface area contributed by atoms with Gasteiger partial charge in [0.1, 0.15) is 5.69 Å². The summed E-state index contributed by atoms with van der Waals surface area (Å²) in [6.07, 6.45) is 2.73. The molecule has 1 aliphatic rings. The summed E-state index contributed by atoms with van der Waals surface area (Å²) in [6.45, 7) is 0.825. The fourth-order valence-electron chi connectivity index (χ4n) is 2.03. The molecule has 1 aromatic heterocycles. The van der Waals surface area contributed by atoms with Crippen LogP contribution >= 0.6 is 11.6 Å². The number of likely N-dealkylation sites (tertiary alicyclic amines) is 1. The van der Waals surface area contributed by atoms with Crippen LogP contribution in [0.3, 0.4) is 0 Å². The maximum absolute atomic E-state index is 12.1. The molecule has 18 heavy (non-hydrogen) atoms. The smallest absolute Gasteiger partial charge is 0.308 e. The molecule has 1 fully saturated rings. The zero-order valence-electron chi connectivity index (χ0n) is 9.67. The van der Waals surface area contributed by atoms with E-state index in [1.165, 1.54) is 6.20 Å². The van der Waals surface area contributed by atoms with Gasteiger partial charge in [0, 0.05) is 19.3 Å². The van der Waals surface area contributed by atoms with E-state index < -0.39 is 11.9 Å². The first-order valence-electron chi connectivity index (χ1n) is 5.71.